The first-order valence-electron chi connectivity index (χ1n) is 6.97. The zero-order valence-corrected chi connectivity index (χ0v) is 13.8. The topological polar surface area (TPSA) is 81.7 Å². The third-order valence-corrected chi connectivity index (χ3v) is 3.97. The van der Waals surface area contributed by atoms with E-state index in [1.165, 1.54) is 35.6 Å². The average molecular weight is 369 g/mol. The summed E-state index contributed by atoms with van der Waals surface area (Å²) in [6.45, 7) is -1.85. The SMILES string of the molecule is Cc1ccsc1C(=O)OCC(=O)NC(=O)c1ccc(OC(F)F)cc1. The maximum atomic E-state index is 12.0. The Morgan fingerprint density at radius 2 is 1.84 bits per heavy atom. The number of aryl methyl sites for hydroxylation is 1. The molecule has 0 atom stereocenters. The van der Waals surface area contributed by atoms with Crippen molar-refractivity contribution >= 4 is 29.1 Å². The number of esters is 1. The lowest BCUT2D eigenvalue weighted by molar-refractivity contribution is -0.123. The molecule has 0 spiro atoms. The van der Waals surface area contributed by atoms with E-state index in [1.807, 2.05) is 5.32 Å². The Kier molecular flexibility index (Phi) is 6.18. The Labute approximate surface area is 145 Å². The Hall–Kier alpha value is -2.81. The van der Waals surface area contributed by atoms with Gasteiger partial charge in [-0.05, 0) is 48.2 Å². The smallest absolute Gasteiger partial charge is 0.387 e. The van der Waals surface area contributed by atoms with Crippen LogP contribution in [-0.4, -0.2) is 31.0 Å². The van der Waals surface area contributed by atoms with Gasteiger partial charge in [-0.1, -0.05) is 0 Å². The van der Waals surface area contributed by atoms with E-state index in [0.29, 0.717) is 4.88 Å². The number of carbonyl (C=O) groups is 3. The molecule has 0 bridgehead atoms. The minimum atomic E-state index is -2.97. The van der Waals surface area contributed by atoms with Gasteiger partial charge in [-0.2, -0.15) is 8.78 Å². The summed E-state index contributed by atoms with van der Waals surface area (Å²) in [6.07, 6.45) is 0. The van der Waals surface area contributed by atoms with Gasteiger partial charge in [-0.15, -0.1) is 11.3 Å². The highest BCUT2D eigenvalue weighted by Crippen LogP contribution is 2.17. The van der Waals surface area contributed by atoms with E-state index >= 15 is 0 Å². The molecule has 9 heteroatoms. The van der Waals surface area contributed by atoms with E-state index in [2.05, 4.69) is 4.74 Å². The lowest BCUT2D eigenvalue weighted by Gasteiger charge is -2.07. The van der Waals surface area contributed by atoms with Crippen LogP contribution in [0.4, 0.5) is 8.78 Å². The molecule has 0 radical (unpaired) electrons. The van der Waals surface area contributed by atoms with Gasteiger partial charge >= 0.3 is 12.6 Å². The van der Waals surface area contributed by atoms with Crippen LogP contribution in [0.2, 0.25) is 0 Å². The summed E-state index contributed by atoms with van der Waals surface area (Å²) in [5.74, 6) is -2.32. The van der Waals surface area contributed by atoms with Gasteiger partial charge in [-0.25, -0.2) is 4.79 Å². The van der Waals surface area contributed by atoms with Crippen molar-refractivity contribution in [3.63, 3.8) is 0 Å². The van der Waals surface area contributed by atoms with Crippen molar-refractivity contribution in [1.82, 2.24) is 5.32 Å². The molecule has 0 aliphatic carbocycles. The van der Waals surface area contributed by atoms with Crippen LogP contribution in [0, 0.1) is 6.92 Å². The van der Waals surface area contributed by atoms with E-state index in [-0.39, 0.29) is 11.3 Å². The lowest BCUT2D eigenvalue weighted by Crippen LogP contribution is -2.34. The number of alkyl halides is 2. The van der Waals surface area contributed by atoms with Crippen LogP contribution < -0.4 is 10.1 Å². The normalized spacial score (nSPS) is 10.4. The van der Waals surface area contributed by atoms with Crippen molar-refractivity contribution in [3.05, 3.63) is 51.7 Å². The van der Waals surface area contributed by atoms with Crippen molar-refractivity contribution in [3.8, 4) is 5.75 Å². The van der Waals surface area contributed by atoms with E-state index in [4.69, 9.17) is 4.74 Å². The van der Waals surface area contributed by atoms with Gasteiger partial charge in [0.25, 0.3) is 11.8 Å². The summed E-state index contributed by atoms with van der Waals surface area (Å²) in [5.41, 5.74) is 0.799. The van der Waals surface area contributed by atoms with E-state index in [0.717, 1.165) is 5.56 Å². The number of amides is 2. The lowest BCUT2D eigenvalue weighted by atomic mass is 10.2. The maximum absolute atomic E-state index is 12.0. The molecule has 0 fully saturated rings. The summed E-state index contributed by atoms with van der Waals surface area (Å²) in [6, 6.07) is 6.53. The number of imide groups is 1. The van der Waals surface area contributed by atoms with Gasteiger partial charge < -0.3 is 9.47 Å². The van der Waals surface area contributed by atoms with Crippen LogP contribution in [0.3, 0.4) is 0 Å². The third kappa shape index (κ3) is 5.35. The van der Waals surface area contributed by atoms with E-state index < -0.39 is 31.0 Å². The van der Waals surface area contributed by atoms with Crippen molar-refractivity contribution in [2.24, 2.45) is 0 Å². The molecular formula is C16H13F2NO5S. The fourth-order valence-electron chi connectivity index (χ4n) is 1.80. The van der Waals surface area contributed by atoms with Crippen LogP contribution in [0.1, 0.15) is 25.6 Å². The van der Waals surface area contributed by atoms with Gasteiger partial charge in [0.05, 0.1) is 0 Å². The third-order valence-electron chi connectivity index (χ3n) is 2.98. The summed E-state index contributed by atoms with van der Waals surface area (Å²) in [7, 11) is 0. The van der Waals surface area contributed by atoms with E-state index in [1.54, 1.807) is 18.4 Å². The number of ether oxygens (including phenoxy) is 2. The standard InChI is InChI=1S/C16H13F2NO5S/c1-9-6-7-25-13(9)15(22)23-8-12(20)19-14(21)10-2-4-11(5-3-10)24-16(17)18/h2-7,16H,8H2,1H3,(H,19,20,21). The number of hydrogen-bond acceptors (Lipinski definition) is 6. The molecule has 0 aliphatic rings. The minimum Gasteiger partial charge on any atom is -0.451 e. The molecule has 1 heterocycles. The Morgan fingerprint density at radius 1 is 1.16 bits per heavy atom. The van der Waals surface area contributed by atoms with Crippen molar-refractivity contribution in [2.75, 3.05) is 6.61 Å². The summed E-state index contributed by atoms with van der Waals surface area (Å²) < 4.78 is 33.1. The number of benzene rings is 1. The Morgan fingerprint density at radius 3 is 2.40 bits per heavy atom. The fourth-order valence-corrected chi connectivity index (χ4v) is 2.62. The second-order valence-corrected chi connectivity index (χ2v) is 5.71. The molecule has 1 N–H and O–H groups in total. The molecule has 0 saturated heterocycles. The second kappa shape index (κ2) is 8.34. The highest BCUT2D eigenvalue weighted by Gasteiger charge is 2.16. The van der Waals surface area contributed by atoms with Gasteiger partial charge in [-0.3, -0.25) is 14.9 Å². The highest BCUT2D eigenvalue weighted by molar-refractivity contribution is 7.12. The van der Waals surface area contributed by atoms with Crippen molar-refractivity contribution < 1.29 is 32.6 Å². The van der Waals surface area contributed by atoms with Gasteiger partial charge in [0.1, 0.15) is 10.6 Å². The molecule has 1 aromatic heterocycles. The van der Waals surface area contributed by atoms with Crippen LogP contribution in [0.5, 0.6) is 5.75 Å². The first-order valence-corrected chi connectivity index (χ1v) is 7.85. The molecule has 0 saturated carbocycles. The first-order chi connectivity index (χ1) is 11.9. The second-order valence-electron chi connectivity index (χ2n) is 4.79. The zero-order chi connectivity index (χ0) is 18.4. The van der Waals surface area contributed by atoms with Crippen LogP contribution in [-0.2, 0) is 9.53 Å². The van der Waals surface area contributed by atoms with Gasteiger partial charge in [0.2, 0.25) is 0 Å². The Balaban J connectivity index is 1.84. The molecule has 1 aromatic carbocycles. The first kappa shape index (κ1) is 18.5. The molecule has 0 aliphatic heterocycles. The molecule has 6 nitrogen and oxygen atoms in total. The monoisotopic (exact) mass is 369 g/mol. The van der Waals surface area contributed by atoms with Crippen LogP contribution in [0.15, 0.2) is 35.7 Å². The fraction of sp³-hybridized carbons (Fsp3) is 0.188. The molecule has 132 valence electrons. The Bertz CT molecular complexity index is 773. The van der Waals surface area contributed by atoms with Gasteiger partial charge in [0.15, 0.2) is 6.61 Å². The number of hydrogen-bond donors (Lipinski definition) is 1. The number of rotatable bonds is 6. The van der Waals surface area contributed by atoms with Crippen LogP contribution >= 0.6 is 11.3 Å². The molecule has 2 amide bonds. The molecular weight excluding hydrogens is 356 g/mol. The van der Waals surface area contributed by atoms with Gasteiger partial charge in [0, 0.05) is 5.56 Å². The quantitative estimate of drug-likeness (QED) is 0.792. The molecule has 25 heavy (non-hydrogen) atoms. The van der Waals surface area contributed by atoms with E-state index in [9.17, 15) is 23.2 Å². The van der Waals surface area contributed by atoms with Crippen molar-refractivity contribution in [2.45, 2.75) is 13.5 Å². The molecule has 0 unspecified atom stereocenters. The average Bonchev–Trinajstić information content (AvgIpc) is 2.99. The largest absolute Gasteiger partial charge is 0.451 e. The predicted octanol–water partition coefficient (Wildman–Crippen LogP) is 2.77. The van der Waals surface area contributed by atoms with Crippen LogP contribution in [0.25, 0.3) is 0 Å². The predicted molar refractivity (Wildman–Crippen MR) is 84.9 cm³/mol. The number of thiophene rings is 1. The summed E-state index contributed by atoms with van der Waals surface area (Å²) in [5, 5.41) is 3.75. The summed E-state index contributed by atoms with van der Waals surface area (Å²) in [4.78, 5) is 35.7. The maximum Gasteiger partial charge on any atom is 0.387 e. The minimum absolute atomic E-state index is 0.0652. The number of nitrogens with one attached hydrogen (secondary N) is 1. The number of halogens is 2. The summed E-state index contributed by atoms with van der Waals surface area (Å²) >= 11 is 1.19. The number of carbonyl (C=O) groups excluding carboxylic acids is 3. The molecule has 2 rings (SSSR count). The zero-order valence-electron chi connectivity index (χ0n) is 13.0. The molecule has 2 aromatic rings. The highest BCUT2D eigenvalue weighted by atomic mass is 32.1. The van der Waals surface area contributed by atoms with Crippen molar-refractivity contribution in [1.29, 1.82) is 0 Å².